The fourth-order valence-corrected chi connectivity index (χ4v) is 2.71. The van der Waals surface area contributed by atoms with Crippen LogP contribution >= 0.6 is 0 Å². The van der Waals surface area contributed by atoms with E-state index in [9.17, 15) is 4.79 Å². The SMILES string of the molecule is Cc1ccc(N2CCN(C(=O)C3(C)CC3)CC2)cc1. The van der Waals surface area contributed by atoms with E-state index in [0.717, 1.165) is 39.0 Å². The van der Waals surface area contributed by atoms with Crippen LogP contribution in [0.2, 0.25) is 0 Å². The van der Waals surface area contributed by atoms with E-state index in [1.54, 1.807) is 0 Å². The van der Waals surface area contributed by atoms with Gasteiger partial charge in [-0.15, -0.1) is 0 Å². The van der Waals surface area contributed by atoms with Crippen LogP contribution in [0.1, 0.15) is 25.3 Å². The van der Waals surface area contributed by atoms with E-state index in [2.05, 4.69) is 47.9 Å². The molecule has 1 saturated carbocycles. The summed E-state index contributed by atoms with van der Waals surface area (Å²) in [5, 5.41) is 0. The molecule has 0 spiro atoms. The number of nitrogens with zero attached hydrogens (tertiary/aromatic N) is 2. The first-order chi connectivity index (χ1) is 9.08. The third kappa shape index (κ3) is 2.46. The Morgan fingerprint density at radius 3 is 2.16 bits per heavy atom. The number of rotatable bonds is 2. The minimum absolute atomic E-state index is 0.0218. The molecule has 19 heavy (non-hydrogen) atoms. The molecule has 1 aromatic carbocycles. The normalized spacial score (nSPS) is 21.4. The van der Waals surface area contributed by atoms with Crippen LogP contribution in [0.25, 0.3) is 0 Å². The number of carbonyl (C=O) groups is 1. The van der Waals surface area contributed by atoms with Crippen LogP contribution in [0.4, 0.5) is 5.69 Å². The Morgan fingerprint density at radius 1 is 1.05 bits per heavy atom. The molecule has 0 bridgehead atoms. The number of carbonyl (C=O) groups excluding carboxylic acids is 1. The average molecular weight is 258 g/mol. The predicted octanol–water partition coefficient (Wildman–Crippen LogP) is 2.44. The highest BCUT2D eigenvalue weighted by molar-refractivity contribution is 5.85. The van der Waals surface area contributed by atoms with E-state index in [4.69, 9.17) is 0 Å². The zero-order valence-corrected chi connectivity index (χ0v) is 11.9. The van der Waals surface area contributed by atoms with Crippen molar-refractivity contribution in [3.63, 3.8) is 0 Å². The van der Waals surface area contributed by atoms with Crippen molar-refractivity contribution in [2.24, 2.45) is 5.41 Å². The molecule has 2 fully saturated rings. The second-order valence-electron chi connectivity index (χ2n) is 6.18. The molecule has 0 radical (unpaired) electrons. The Balaban J connectivity index is 1.60. The summed E-state index contributed by atoms with van der Waals surface area (Å²) in [4.78, 5) is 16.7. The van der Waals surface area contributed by atoms with Crippen molar-refractivity contribution in [3.8, 4) is 0 Å². The monoisotopic (exact) mass is 258 g/mol. The van der Waals surface area contributed by atoms with Gasteiger partial charge in [0.2, 0.25) is 5.91 Å². The van der Waals surface area contributed by atoms with Crippen LogP contribution in [0.15, 0.2) is 24.3 Å². The molecular formula is C16H22N2O. The summed E-state index contributed by atoms with van der Waals surface area (Å²) in [5.41, 5.74) is 2.54. The first kappa shape index (κ1) is 12.5. The van der Waals surface area contributed by atoms with Gasteiger partial charge in [0.25, 0.3) is 0 Å². The summed E-state index contributed by atoms with van der Waals surface area (Å²) in [7, 11) is 0. The first-order valence-corrected chi connectivity index (χ1v) is 7.19. The van der Waals surface area contributed by atoms with Gasteiger partial charge in [-0.25, -0.2) is 0 Å². The fourth-order valence-electron chi connectivity index (χ4n) is 2.71. The summed E-state index contributed by atoms with van der Waals surface area (Å²) in [5.74, 6) is 0.371. The molecule has 3 nitrogen and oxygen atoms in total. The van der Waals surface area contributed by atoms with E-state index >= 15 is 0 Å². The third-order valence-corrected chi connectivity index (χ3v) is 4.48. The topological polar surface area (TPSA) is 23.6 Å². The van der Waals surface area contributed by atoms with E-state index in [1.165, 1.54) is 11.3 Å². The van der Waals surface area contributed by atoms with Crippen molar-refractivity contribution in [2.75, 3.05) is 31.1 Å². The van der Waals surface area contributed by atoms with Gasteiger partial charge in [-0.3, -0.25) is 4.79 Å². The molecule has 0 aromatic heterocycles. The molecule has 3 rings (SSSR count). The molecule has 0 unspecified atom stereocenters. The number of benzene rings is 1. The predicted molar refractivity (Wildman–Crippen MR) is 77.3 cm³/mol. The van der Waals surface area contributed by atoms with Crippen LogP contribution < -0.4 is 4.90 Å². The van der Waals surface area contributed by atoms with E-state index in [1.807, 2.05) is 0 Å². The summed E-state index contributed by atoms with van der Waals surface area (Å²) in [6, 6.07) is 8.65. The lowest BCUT2D eigenvalue weighted by molar-refractivity contribution is -0.136. The largest absolute Gasteiger partial charge is 0.368 e. The Hall–Kier alpha value is -1.51. The highest BCUT2D eigenvalue weighted by Gasteiger charge is 2.47. The zero-order valence-electron chi connectivity index (χ0n) is 11.9. The molecule has 0 N–H and O–H groups in total. The Bertz CT molecular complexity index is 468. The molecule has 102 valence electrons. The van der Waals surface area contributed by atoms with Crippen molar-refractivity contribution >= 4 is 11.6 Å². The fraction of sp³-hybridized carbons (Fsp3) is 0.562. The van der Waals surface area contributed by atoms with Gasteiger partial charge < -0.3 is 9.80 Å². The Labute approximate surface area is 115 Å². The Kier molecular flexibility index (Phi) is 3.00. The van der Waals surface area contributed by atoms with E-state index in [-0.39, 0.29) is 5.41 Å². The van der Waals surface area contributed by atoms with Gasteiger partial charge >= 0.3 is 0 Å². The van der Waals surface area contributed by atoms with Crippen LogP contribution in [0.3, 0.4) is 0 Å². The van der Waals surface area contributed by atoms with Gasteiger partial charge in [0.05, 0.1) is 0 Å². The van der Waals surface area contributed by atoms with Crippen LogP contribution in [-0.4, -0.2) is 37.0 Å². The number of hydrogen-bond donors (Lipinski definition) is 0. The van der Waals surface area contributed by atoms with Crippen molar-refractivity contribution in [1.29, 1.82) is 0 Å². The minimum atomic E-state index is -0.0218. The molecule has 1 aromatic rings. The van der Waals surface area contributed by atoms with Crippen molar-refractivity contribution in [1.82, 2.24) is 4.90 Å². The summed E-state index contributed by atoms with van der Waals surface area (Å²) in [6.45, 7) is 7.83. The lowest BCUT2D eigenvalue weighted by Gasteiger charge is -2.37. The summed E-state index contributed by atoms with van der Waals surface area (Å²) >= 11 is 0. The second-order valence-corrected chi connectivity index (χ2v) is 6.18. The standard InChI is InChI=1S/C16H22N2O/c1-13-3-5-14(6-4-13)17-9-11-18(12-10-17)15(19)16(2)7-8-16/h3-6H,7-12H2,1-2H3. The van der Waals surface area contributed by atoms with Gasteiger partial charge in [0, 0.05) is 37.3 Å². The molecule has 1 amide bonds. The number of hydrogen-bond acceptors (Lipinski definition) is 2. The first-order valence-electron chi connectivity index (χ1n) is 7.19. The molecule has 1 aliphatic heterocycles. The zero-order chi connectivity index (χ0) is 13.5. The van der Waals surface area contributed by atoms with Gasteiger partial charge in [0.1, 0.15) is 0 Å². The maximum absolute atomic E-state index is 12.3. The number of piperazine rings is 1. The van der Waals surface area contributed by atoms with Gasteiger partial charge in [-0.2, -0.15) is 0 Å². The quantitative estimate of drug-likeness (QED) is 0.813. The summed E-state index contributed by atoms with van der Waals surface area (Å²) in [6.07, 6.45) is 2.15. The lowest BCUT2D eigenvalue weighted by atomic mass is 10.1. The number of anilines is 1. The lowest BCUT2D eigenvalue weighted by Crippen LogP contribution is -2.50. The smallest absolute Gasteiger partial charge is 0.228 e. The summed E-state index contributed by atoms with van der Waals surface area (Å²) < 4.78 is 0. The van der Waals surface area contributed by atoms with Crippen molar-refractivity contribution < 1.29 is 4.79 Å². The maximum atomic E-state index is 12.3. The van der Waals surface area contributed by atoms with Crippen LogP contribution in [0, 0.1) is 12.3 Å². The average Bonchev–Trinajstić information content (AvgIpc) is 3.18. The van der Waals surface area contributed by atoms with Gasteiger partial charge in [0.15, 0.2) is 0 Å². The van der Waals surface area contributed by atoms with E-state index in [0.29, 0.717) is 5.91 Å². The maximum Gasteiger partial charge on any atom is 0.228 e. The van der Waals surface area contributed by atoms with Crippen LogP contribution in [-0.2, 0) is 4.79 Å². The molecule has 1 aliphatic carbocycles. The van der Waals surface area contributed by atoms with Crippen molar-refractivity contribution in [3.05, 3.63) is 29.8 Å². The second kappa shape index (κ2) is 4.55. The van der Waals surface area contributed by atoms with Gasteiger partial charge in [-0.05, 0) is 31.9 Å². The van der Waals surface area contributed by atoms with Gasteiger partial charge in [-0.1, -0.05) is 24.6 Å². The Morgan fingerprint density at radius 2 is 1.63 bits per heavy atom. The van der Waals surface area contributed by atoms with Crippen molar-refractivity contribution in [2.45, 2.75) is 26.7 Å². The van der Waals surface area contributed by atoms with E-state index < -0.39 is 0 Å². The highest BCUT2D eigenvalue weighted by atomic mass is 16.2. The number of amides is 1. The highest BCUT2D eigenvalue weighted by Crippen LogP contribution is 2.46. The minimum Gasteiger partial charge on any atom is -0.368 e. The third-order valence-electron chi connectivity index (χ3n) is 4.48. The van der Waals surface area contributed by atoms with Crippen LogP contribution in [0.5, 0.6) is 0 Å². The molecule has 1 heterocycles. The molecule has 3 heteroatoms. The molecule has 2 aliphatic rings. The number of aryl methyl sites for hydroxylation is 1. The molecule has 1 saturated heterocycles. The molecular weight excluding hydrogens is 236 g/mol. The molecule has 0 atom stereocenters.